The topological polar surface area (TPSA) is 222 Å². The lowest BCUT2D eigenvalue weighted by Crippen LogP contribution is -2.57. The van der Waals surface area contributed by atoms with E-state index in [0.717, 1.165) is 0 Å². The van der Waals surface area contributed by atoms with Crippen LogP contribution in [0.25, 0.3) is 0 Å². The van der Waals surface area contributed by atoms with Crippen LogP contribution in [0, 0.1) is 0 Å². The predicted octanol–water partition coefficient (Wildman–Crippen LogP) is -3.36. The van der Waals surface area contributed by atoms with E-state index in [-0.39, 0.29) is 12.2 Å². The first-order chi connectivity index (χ1) is 14.0. The minimum atomic E-state index is -1.45. The van der Waals surface area contributed by atoms with Crippen molar-refractivity contribution in [1.82, 2.24) is 25.9 Å². The minimum Gasteiger partial charge on any atom is -0.480 e. The molecule has 0 aromatic carbocycles. The number of aromatic amines is 1. The summed E-state index contributed by atoms with van der Waals surface area (Å²) in [7, 11) is 0. The average Bonchev–Trinajstić information content (AvgIpc) is 3.18. The first-order valence-electron chi connectivity index (χ1n) is 8.81. The van der Waals surface area contributed by atoms with Gasteiger partial charge in [0.15, 0.2) is 0 Å². The SMILES string of the molecule is CC(NC(=O)C(N)CS)C(=O)NC(CC(N)=O)C(=O)NC(Cc1cnc[nH]1)C(=O)O. The van der Waals surface area contributed by atoms with Crippen LogP contribution in [0.3, 0.4) is 0 Å². The monoisotopic (exact) mass is 443 g/mol. The van der Waals surface area contributed by atoms with E-state index < -0.39 is 60.2 Å². The zero-order valence-electron chi connectivity index (χ0n) is 16.1. The number of aliphatic carboxylic acids is 1. The summed E-state index contributed by atoms with van der Waals surface area (Å²) in [5.74, 6) is -4.53. The zero-order valence-corrected chi connectivity index (χ0v) is 17.0. The summed E-state index contributed by atoms with van der Waals surface area (Å²) >= 11 is 3.88. The van der Waals surface area contributed by atoms with Crippen LogP contribution >= 0.6 is 12.6 Å². The molecule has 0 aliphatic heterocycles. The molecule has 1 aromatic heterocycles. The number of hydrogen-bond donors (Lipinski definition) is 8. The number of aromatic nitrogens is 2. The number of nitrogens with two attached hydrogens (primary N) is 2. The van der Waals surface area contributed by atoms with Crippen molar-refractivity contribution in [3.8, 4) is 0 Å². The summed E-state index contributed by atoms with van der Waals surface area (Å²) in [5, 5.41) is 16.2. The third kappa shape index (κ3) is 8.08. The van der Waals surface area contributed by atoms with E-state index in [1.807, 2.05) is 0 Å². The van der Waals surface area contributed by atoms with Crippen molar-refractivity contribution in [3.63, 3.8) is 0 Å². The summed E-state index contributed by atoms with van der Waals surface area (Å²) in [4.78, 5) is 65.8. The molecule has 0 fully saturated rings. The lowest BCUT2D eigenvalue weighted by molar-refractivity contribution is -0.142. The molecular weight excluding hydrogens is 418 g/mol. The van der Waals surface area contributed by atoms with E-state index >= 15 is 0 Å². The molecule has 30 heavy (non-hydrogen) atoms. The van der Waals surface area contributed by atoms with Gasteiger partial charge in [-0.05, 0) is 6.92 Å². The van der Waals surface area contributed by atoms with Crippen molar-refractivity contribution in [3.05, 3.63) is 18.2 Å². The number of amides is 4. The third-order valence-electron chi connectivity index (χ3n) is 3.92. The summed E-state index contributed by atoms with van der Waals surface area (Å²) in [5.41, 5.74) is 11.1. The van der Waals surface area contributed by atoms with E-state index in [1.54, 1.807) is 0 Å². The van der Waals surface area contributed by atoms with Gasteiger partial charge in [-0.1, -0.05) is 0 Å². The average molecular weight is 443 g/mol. The number of imidazole rings is 1. The van der Waals surface area contributed by atoms with Gasteiger partial charge in [-0.3, -0.25) is 19.2 Å². The molecule has 13 nitrogen and oxygen atoms in total. The second-order valence-electron chi connectivity index (χ2n) is 6.43. The van der Waals surface area contributed by atoms with Crippen LogP contribution in [-0.4, -0.2) is 74.6 Å². The molecule has 0 saturated heterocycles. The molecular formula is C16H25N7O6S. The zero-order chi connectivity index (χ0) is 22.8. The van der Waals surface area contributed by atoms with Gasteiger partial charge < -0.3 is 37.5 Å². The van der Waals surface area contributed by atoms with Crippen molar-refractivity contribution in [2.45, 2.75) is 43.9 Å². The Labute approximate surface area is 177 Å². The molecule has 166 valence electrons. The largest absolute Gasteiger partial charge is 0.480 e. The highest BCUT2D eigenvalue weighted by atomic mass is 32.1. The van der Waals surface area contributed by atoms with E-state index in [1.165, 1.54) is 19.4 Å². The number of carbonyl (C=O) groups excluding carboxylic acids is 4. The normalized spacial score (nSPS) is 14.6. The van der Waals surface area contributed by atoms with E-state index in [9.17, 15) is 29.1 Å². The Bertz CT molecular complexity index is 772. The van der Waals surface area contributed by atoms with Crippen molar-refractivity contribution < 1.29 is 29.1 Å². The van der Waals surface area contributed by atoms with Gasteiger partial charge in [0.2, 0.25) is 23.6 Å². The smallest absolute Gasteiger partial charge is 0.326 e. The van der Waals surface area contributed by atoms with Crippen LogP contribution in [0.4, 0.5) is 0 Å². The molecule has 14 heteroatoms. The van der Waals surface area contributed by atoms with E-state index in [0.29, 0.717) is 5.69 Å². The number of nitrogens with zero attached hydrogens (tertiary/aromatic N) is 1. The van der Waals surface area contributed by atoms with Gasteiger partial charge in [-0.2, -0.15) is 12.6 Å². The second kappa shape index (κ2) is 11.8. The number of carboxylic acid groups (broad SMARTS) is 1. The van der Waals surface area contributed by atoms with Crippen molar-refractivity contribution in [2.24, 2.45) is 11.5 Å². The van der Waals surface area contributed by atoms with Gasteiger partial charge in [0, 0.05) is 24.1 Å². The van der Waals surface area contributed by atoms with Crippen LogP contribution < -0.4 is 27.4 Å². The molecule has 4 amide bonds. The molecule has 0 radical (unpaired) electrons. The highest BCUT2D eigenvalue weighted by Gasteiger charge is 2.30. The molecule has 0 saturated carbocycles. The number of hydrogen-bond acceptors (Lipinski definition) is 8. The molecule has 4 unspecified atom stereocenters. The quantitative estimate of drug-likeness (QED) is 0.152. The molecule has 1 heterocycles. The molecule has 1 aromatic rings. The molecule has 0 aliphatic carbocycles. The van der Waals surface area contributed by atoms with Gasteiger partial charge in [0.25, 0.3) is 0 Å². The van der Waals surface area contributed by atoms with Crippen LogP contribution in [0.15, 0.2) is 12.5 Å². The molecule has 0 bridgehead atoms. The Hall–Kier alpha value is -3.13. The van der Waals surface area contributed by atoms with Gasteiger partial charge in [-0.15, -0.1) is 0 Å². The summed E-state index contributed by atoms with van der Waals surface area (Å²) in [6, 6.07) is -4.83. The Morgan fingerprint density at radius 2 is 1.77 bits per heavy atom. The molecule has 1 rings (SSSR count). The van der Waals surface area contributed by atoms with Gasteiger partial charge >= 0.3 is 5.97 Å². The predicted molar refractivity (Wildman–Crippen MR) is 107 cm³/mol. The van der Waals surface area contributed by atoms with E-state index in [2.05, 4.69) is 38.5 Å². The van der Waals surface area contributed by atoms with Gasteiger partial charge in [-0.25, -0.2) is 9.78 Å². The van der Waals surface area contributed by atoms with Crippen molar-refractivity contribution in [1.29, 1.82) is 0 Å². The van der Waals surface area contributed by atoms with Crippen molar-refractivity contribution in [2.75, 3.05) is 5.75 Å². The molecule has 9 N–H and O–H groups in total. The Morgan fingerprint density at radius 1 is 1.13 bits per heavy atom. The summed E-state index contributed by atoms with van der Waals surface area (Å²) < 4.78 is 0. The third-order valence-corrected chi connectivity index (χ3v) is 4.31. The van der Waals surface area contributed by atoms with Crippen molar-refractivity contribution >= 4 is 42.2 Å². The van der Waals surface area contributed by atoms with E-state index in [4.69, 9.17) is 11.5 Å². The number of primary amides is 1. The van der Waals surface area contributed by atoms with Gasteiger partial charge in [0.1, 0.15) is 18.1 Å². The van der Waals surface area contributed by atoms with Crippen LogP contribution in [0.2, 0.25) is 0 Å². The molecule has 4 atom stereocenters. The number of thiol groups is 1. The fraction of sp³-hybridized carbons (Fsp3) is 0.500. The maximum absolute atomic E-state index is 12.5. The maximum atomic E-state index is 12.5. The fourth-order valence-corrected chi connectivity index (χ4v) is 2.43. The summed E-state index contributed by atoms with van der Waals surface area (Å²) in [6.07, 6.45) is 2.06. The second-order valence-corrected chi connectivity index (χ2v) is 6.80. The minimum absolute atomic E-state index is 0.0553. The number of carbonyl (C=O) groups is 5. The number of H-pyrrole nitrogens is 1. The highest BCUT2D eigenvalue weighted by Crippen LogP contribution is 2.02. The Balaban J connectivity index is 2.82. The standard InChI is InChI=1S/C16H25N7O6S/c1-7(21-14(26)9(17)5-30)13(25)22-10(3-12(18)24)15(27)23-11(16(28)29)2-8-4-19-6-20-8/h4,6-7,9-11,30H,2-3,5,17H2,1H3,(H2,18,24)(H,19,20)(H,21,26)(H,22,25)(H,23,27)(H,28,29). The van der Waals surface area contributed by atoms with Gasteiger partial charge in [0.05, 0.1) is 18.8 Å². The van der Waals surface area contributed by atoms with Crippen LogP contribution in [-0.2, 0) is 30.4 Å². The first kappa shape index (κ1) is 24.9. The number of nitrogens with one attached hydrogen (secondary N) is 4. The Morgan fingerprint density at radius 3 is 2.27 bits per heavy atom. The maximum Gasteiger partial charge on any atom is 0.326 e. The molecule has 0 spiro atoms. The Kier molecular flexibility index (Phi) is 9.77. The first-order valence-corrected chi connectivity index (χ1v) is 9.44. The number of carboxylic acids is 1. The summed E-state index contributed by atoms with van der Waals surface area (Å²) in [6.45, 7) is 1.34. The van der Waals surface area contributed by atoms with Crippen LogP contribution in [0.1, 0.15) is 19.0 Å². The number of rotatable bonds is 12. The fourth-order valence-electron chi connectivity index (χ4n) is 2.26. The molecule has 0 aliphatic rings. The lowest BCUT2D eigenvalue weighted by atomic mass is 10.1. The lowest BCUT2D eigenvalue weighted by Gasteiger charge is -2.23. The highest BCUT2D eigenvalue weighted by molar-refractivity contribution is 7.80. The van der Waals surface area contributed by atoms with Crippen LogP contribution in [0.5, 0.6) is 0 Å².